The molecule has 0 spiro atoms. The topological polar surface area (TPSA) is 64.4 Å². The average Bonchev–Trinajstić information content (AvgIpc) is 2.82. The van der Waals surface area contributed by atoms with Gasteiger partial charge in [0.2, 0.25) is 0 Å². The summed E-state index contributed by atoms with van der Waals surface area (Å²) in [6.07, 6.45) is 0.943. The molecule has 4 nitrogen and oxygen atoms in total. The molecule has 1 heterocycles. The highest BCUT2D eigenvalue weighted by Crippen LogP contribution is 2.14. The number of benzene rings is 1. The fourth-order valence-electron chi connectivity index (χ4n) is 1.80. The maximum Gasteiger partial charge on any atom is 0.253 e. The summed E-state index contributed by atoms with van der Waals surface area (Å²) in [6, 6.07) is 3.77. The van der Waals surface area contributed by atoms with Crippen LogP contribution in [-0.4, -0.2) is 25.7 Å². The molecule has 1 saturated heterocycles. The van der Waals surface area contributed by atoms with E-state index < -0.39 is 5.82 Å². The van der Waals surface area contributed by atoms with Crippen LogP contribution in [-0.2, 0) is 4.74 Å². The molecule has 0 bridgehead atoms. The zero-order valence-corrected chi connectivity index (χ0v) is 9.41. The van der Waals surface area contributed by atoms with Gasteiger partial charge in [-0.3, -0.25) is 4.79 Å². The Balaban J connectivity index is 1.96. The van der Waals surface area contributed by atoms with E-state index in [1.807, 2.05) is 0 Å². The van der Waals surface area contributed by atoms with Crippen molar-refractivity contribution in [3.05, 3.63) is 29.6 Å². The highest BCUT2D eigenvalue weighted by atomic mass is 19.1. The van der Waals surface area contributed by atoms with E-state index in [1.54, 1.807) is 0 Å². The second-order valence-corrected chi connectivity index (χ2v) is 4.17. The van der Waals surface area contributed by atoms with Crippen molar-refractivity contribution >= 4 is 11.6 Å². The molecule has 0 aromatic heterocycles. The largest absolute Gasteiger partial charge is 0.398 e. The van der Waals surface area contributed by atoms with Gasteiger partial charge in [-0.25, -0.2) is 4.39 Å². The molecule has 1 aliphatic heterocycles. The van der Waals surface area contributed by atoms with Gasteiger partial charge >= 0.3 is 0 Å². The molecule has 1 atom stereocenters. The molecule has 0 saturated carbocycles. The number of amides is 1. The lowest BCUT2D eigenvalue weighted by Gasteiger charge is -2.10. The highest BCUT2D eigenvalue weighted by Gasteiger charge is 2.17. The first-order valence-corrected chi connectivity index (χ1v) is 5.58. The fraction of sp³-hybridized carbons (Fsp3) is 0.417. The molecule has 17 heavy (non-hydrogen) atoms. The number of nitrogen functional groups attached to an aromatic ring is 1. The number of carbonyl (C=O) groups is 1. The highest BCUT2D eigenvalue weighted by molar-refractivity contribution is 5.99. The zero-order chi connectivity index (χ0) is 12.3. The third-order valence-electron chi connectivity index (χ3n) is 2.84. The number of hydrogen-bond acceptors (Lipinski definition) is 3. The minimum Gasteiger partial charge on any atom is -0.398 e. The van der Waals surface area contributed by atoms with Crippen molar-refractivity contribution in [1.29, 1.82) is 0 Å². The van der Waals surface area contributed by atoms with E-state index in [9.17, 15) is 9.18 Å². The lowest BCUT2D eigenvalue weighted by Crippen LogP contribution is -2.30. The first-order chi connectivity index (χ1) is 8.16. The number of hydrogen-bond donors (Lipinski definition) is 2. The summed E-state index contributed by atoms with van der Waals surface area (Å²) >= 11 is 0. The van der Waals surface area contributed by atoms with Crippen LogP contribution < -0.4 is 11.1 Å². The Morgan fingerprint density at radius 2 is 2.41 bits per heavy atom. The lowest BCUT2D eigenvalue weighted by atomic mass is 10.1. The molecular formula is C12H15FN2O2. The van der Waals surface area contributed by atoms with Crippen LogP contribution in [0, 0.1) is 11.7 Å². The van der Waals surface area contributed by atoms with Crippen molar-refractivity contribution in [2.24, 2.45) is 5.92 Å². The van der Waals surface area contributed by atoms with Gasteiger partial charge in [0, 0.05) is 24.8 Å². The van der Waals surface area contributed by atoms with Gasteiger partial charge in [0.25, 0.3) is 5.91 Å². The quantitative estimate of drug-likeness (QED) is 0.777. The predicted octanol–water partition coefficient (Wildman–Crippen LogP) is 1.17. The normalized spacial score (nSPS) is 19.2. The number of anilines is 1. The second kappa shape index (κ2) is 5.14. The third-order valence-corrected chi connectivity index (χ3v) is 2.84. The Morgan fingerprint density at radius 1 is 1.59 bits per heavy atom. The summed E-state index contributed by atoms with van der Waals surface area (Å²) in [5.74, 6) is -0.462. The van der Waals surface area contributed by atoms with E-state index in [-0.39, 0.29) is 17.2 Å². The standard InChI is InChI=1S/C12H15FN2O2/c13-9-1-2-11(14)10(5-9)12(16)15-6-8-3-4-17-7-8/h1-2,5,8H,3-4,6-7,14H2,(H,15,16). The minimum absolute atomic E-state index is 0.184. The Labute approximate surface area is 98.9 Å². The Bertz CT molecular complexity index is 417. The third kappa shape index (κ3) is 2.94. The van der Waals surface area contributed by atoms with E-state index in [1.165, 1.54) is 12.1 Å². The van der Waals surface area contributed by atoms with Crippen LogP contribution in [0.1, 0.15) is 16.8 Å². The summed E-state index contributed by atoms with van der Waals surface area (Å²) in [4.78, 5) is 11.8. The summed E-state index contributed by atoms with van der Waals surface area (Å²) in [5, 5.41) is 2.74. The minimum atomic E-state index is -0.464. The molecule has 5 heteroatoms. The van der Waals surface area contributed by atoms with E-state index in [0.717, 1.165) is 19.1 Å². The average molecular weight is 238 g/mol. The van der Waals surface area contributed by atoms with Crippen molar-refractivity contribution in [2.45, 2.75) is 6.42 Å². The first kappa shape index (κ1) is 11.9. The van der Waals surface area contributed by atoms with Crippen LogP contribution in [0.15, 0.2) is 18.2 Å². The molecule has 0 aliphatic carbocycles. The molecule has 1 aromatic carbocycles. The van der Waals surface area contributed by atoms with Crippen LogP contribution in [0.25, 0.3) is 0 Å². The predicted molar refractivity (Wildman–Crippen MR) is 62.1 cm³/mol. The van der Waals surface area contributed by atoms with E-state index in [2.05, 4.69) is 5.32 Å². The van der Waals surface area contributed by atoms with Crippen LogP contribution in [0.2, 0.25) is 0 Å². The summed E-state index contributed by atoms with van der Waals surface area (Å²) in [7, 11) is 0. The summed E-state index contributed by atoms with van der Waals surface area (Å²) in [6.45, 7) is 1.94. The Hall–Kier alpha value is -1.62. The Kier molecular flexibility index (Phi) is 3.58. The van der Waals surface area contributed by atoms with Gasteiger partial charge in [-0.15, -0.1) is 0 Å². The monoisotopic (exact) mass is 238 g/mol. The number of nitrogens with two attached hydrogens (primary N) is 1. The van der Waals surface area contributed by atoms with Gasteiger partial charge in [-0.2, -0.15) is 0 Å². The van der Waals surface area contributed by atoms with Gasteiger partial charge in [0.1, 0.15) is 5.82 Å². The van der Waals surface area contributed by atoms with Crippen LogP contribution in [0.3, 0.4) is 0 Å². The van der Waals surface area contributed by atoms with Gasteiger partial charge in [0.05, 0.1) is 12.2 Å². The molecule has 1 amide bonds. The molecule has 2 rings (SSSR count). The molecule has 1 aliphatic rings. The summed E-state index contributed by atoms with van der Waals surface area (Å²) < 4.78 is 18.2. The van der Waals surface area contributed by atoms with E-state index >= 15 is 0 Å². The van der Waals surface area contributed by atoms with Crippen molar-refractivity contribution in [1.82, 2.24) is 5.32 Å². The zero-order valence-electron chi connectivity index (χ0n) is 9.41. The maximum atomic E-state index is 13.0. The van der Waals surface area contributed by atoms with Crippen LogP contribution in [0.5, 0.6) is 0 Å². The molecular weight excluding hydrogens is 223 g/mol. The number of carbonyl (C=O) groups excluding carboxylic acids is 1. The number of ether oxygens (including phenoxy) is 1. The number of nitrogens with one attached hydrogen (secondary N) is 1. The number of rotatable bonds is 3. The van der Waals surface area contributed by atoms with Crippen molar-refractivity contribution in [2.75, 3.05) is 25.5 Å². The van der Waals surface area contributed by atoms with Crippen molar-refractivity contribution in [3.8, 4) is 0 Å². The first-order valence-electron chi connectivity index (χ1n) is 5.58. The van der Waals surface area contributed by atoms with Gasteiger partial charge in [-0.05, 0) is 24.6 Å². The molecule has 1 aromatic rings. The van der Waals surface area contributed by atoms with Crippen LogP contribution in [0.4, 0.5) is 10.1 Å². The van der Waals surface area contributed by atoms with Gasteiger partial charge in [-0.1, -0.05) is 0 Å². The Morgan fingerprint density at radius 3 is 3.12 bits per heavy atom. The molecule has 3 N–H and O–H groups in total. The smallest absolute Gasteiger partial charge is 0.253 e. The van der Waals surface area contributed by atoms with E-state index in [4.69, 9.17) is 10.5 Å². The van der Waals surface area contributed by atoms with Gasteiger partial charge in [0.15, 0.2) is 0 Å². The number of halogens is 1. The second-order valence-electron chi connectivity index (χ2n) is 4.17. The molecule has 0 radical (unpaired) electrons. The van der Waals surface area contributed by atoms with Crippen molar-refractivity contribution in [3.63, 3.8) is 0 Å². The maximum absolute atomic E-state index is 13.0. The lowest BCUT2D eigenvalue weighted by molar-refractivity contribution is 0.0945. The molecule has 1 fully saturated rings. The van der Waals surface area contributed by atoms with E-state index in [0.29, 0.717) is 19.1 Å². The van der Waals surface area contributed by atoms with Crippen LogP contribution >= 0.6 is 0 Å². The molecule has 92 valence electrons. The molecule has 1 unspecified atom stereocenters. The van der Waals surface area contributed by atoms with Gasteiger partial charge < -0.3 is 15.8 Å². The van der Waals surface area contributed by atoms with Crippen molar-refractivity contribution < 1.29 is 13.9 Å². The SMILES string of the molecule is Nc1ccc(F)cc1C(=O)NCC1CCOC1. The fourth-order valence-corrected chi connectivity index (χ4v) is 1.80. The summed E-state index contributed by atoms with van der Waals surface area (Å²) in [5.41, 5.74) is 6.09.